The Morgan fingerprint density at radius 3 is 2.57 bits per heavy atom. The zero-order valence-electron chi connectivity index (χ0n) is 11.2. The molecule has 0 bridgehead atoms. The van der Waals surface area contributed by atoms with Gasteiger partial charge in [0.15, 0.2) is 0 Å². The fourth-order valence-corrected chi connectivity index (χ4v) is 2.60. The largest absolute Gasteiger partial charge is 0.481 e. The van der Waals surface area contributed by atoms with Crippen LogP contribution in [0.3, 0.4) is 0 Å². The second-order valence-corrected chi connectivity index (χ2v) is 5.71. The highest BCUT2D eigenvalue weighted by Crippen LogP contribution is 2.28. The van der Waals surface area contributed by atoms with E-state index < -0.39 is 30.4 Å². The van der Waals surface area contributed by atoms with Crippen LogP contribution in [0.2, 0.25) is 0 Å². The third kappa shape index (κ3) is 4.45. The number of amides is 2. The molecule has 0 aromatic carbocycles. The lowest BCUT2D eigenvalue weighted by Gasteiger charge is -2.24. The van der Waals surface area contributed by atoms with E-state index in [0.717, 1.165) is 18.4 Å². The number of thiophene rings is 1. The van der Waals surface area contributed by atoms with Crippen LogP contribution in [0.4, 0.5) is 4.79 Å². The SMILES string of the molecule is O=C(O)C[C@@H](NC(=O)N(Cc1ccsc1)C1CC1)C(=O)O. The van der Waals surface area contributed by atoms with Gasteiger partial charge in [-0.2, -0.15) is 11.3 Å². The van der Waals surface area contributed by atoms with E-state index in [2.05, 4.69) is 5.32 Å². The Morgan fingerprint density at radius 2 is 2.10 bits per heavy atom. The van der Waals surface area contributed by atoms with Gasteiger partial charge in [-0.15, -0.1) is 0 Å². The number of carbonyl (C=O) groups excluding carboxylic acids is 1. The second kappa shape index (κ2) is 6.57. The molecule has 1 heterocycles. The third-order valence-electron chi connectivity index (χ3n) is 3.16. The smallest absolute Gasteiger partial charge is 0.326 e. The summed E-state index contributed by atoms with van der Waals surface area (Å²) in [6, 6.07) is 0.0550. The molecule has 0 aliphatic heterocycles. The number of hydrogen-bond acceptors (Lipinski definition) is 4. The molecular weight excluding hydrogens is 296 g/mol. The summed E-state index contributed by atoms with van der Waals surface area (Å²) in [5.41, 5.74) is 0.979. The van der Waals surface area contributed by atoms with Crippen LogP contribution in [0.1, 0.15) is 24.8 Å². The number of nitrogens with one attached hydrogen (secondary N) is 1. The van der Waals surface area contributed by atoms with Gasteiger partial charge in [0.1, 0.15) is 6.04 Å². The van der Waals surface area contributed by atoms with Gasteiger partial charge < -0.3 is 20.4 Å². The van der Waals surface area contributed by atoms with Crippen molar-refractivity contribution in [2.45, 2.75) is 37.9 Å². The van der Waals surface area contributed by atoms with Crippen molar-refractivity contribution < 1.29 is 24.6 Å². The maximum atomic E-state index is 12.2. The first-order valence-electron chi connectivity index (χ1n) is 6.50. The molecule has 0 spiro atoms. The monoisotopic (exact) mass is 312 g/mol. The molecule has 0 saturated heterocycles. The highest BCUT2D eigenvalue weighted by Gasteiger charge is 2.34. The molecule has 2 rings (SSSR count). The van der Waals surface area contributed by atoms with Crippen LogP contribution in [0, 0.1) is 0 Å². The molecule has 21 heavy (non-hydrogen) atoms. The summed E-state index contributed by atoms with van der Waals surface area (Å²) >= 11 is 1.52. The number of rotatable bonds is 7. The van der Waals surface area contributed by atoms with Crippen LogP contribution < -0.4 is 5.32 Å². The molecule has 1 aromatic heterocycles. The van der Waals surface area contributed by atoms with E-state index >= 15 is 0 Å². The van der Waals surface area contributed by atoms with Crippen LogP contribution in [-0.2, 0) is 16.1 Å². The van der Waals surface area contributed by atoms with Crippen molar-refractivity contribution in [2.75, 3.05) is 0 Å². The third-order valence-corrected chi connectivity index (χ3v) is 3.89. The first-order chi connectivity index (χ1) is 9.97. The van der Waals surface area contributed by atoms with Crippen LogP contribution >= 0.6 is 11.3 Å². The minimum atomic E-state index is -1.42. The molecule has 2 amide bonds. The van der Waals surface area contributed by atoms with Crippen molar-refractivity contribution in [1.82, 2.24) is 10.2 Å². The first kappa shape index (κ1) is 15.3. The van der Waals surface area contributed by atoms with E-state index in [-0.39, 0.29) is 6.04 Å². The predicted octanol–water partition coefficient (Wildman–Crippen LogP) is 1.35. The fourth-order valence-electron chi connectivity index (χ4n) is 1.94. The number of urea groups is 1. The average molecular weight is 312 g/mol. The highest BCUT2D eigenvalue weighted by atomic mass is 32.1. The normalized spacial score (nSPS) is 15.2. The Labute approximate surface area is 125 Å². The minimum absolute atomic E-state index is 0.101. The summed E-state index contributed by atoms with van der Waals surface area (Å²) in [6.45, 7) is 0.402. The molecule has 8 heteroatoms. The van der Waals surface area contributed by atoms with Crippen molar-refractivity contribution in [3.8, 4) is 0 Å². The zero-order chi connectivity index (χ0) is 15.4. The molecule has 1 atom stereocenters. The molecule has 114 valence electrons. The van der Waals surface area contributed by atoms with Gasteiger partial charge in [0, 0.05) is 12.6 Å². The molecule has 0 radical (unpaired) electrons. The summed E-state index contributed by atoms with van der Waals surface area (Å²) in [4.78, 5) is 35.4. The Morgan fingerprint density at radius 1 is 1.38 bits per heavy atom. The van der Waals surface area contributed by atoms with Gasteiger partial charge in [0.2, 0.25) is 0 Å². The summed E-state index contributed by atoms with van der Waals surface area (Å²) < 4.78 is 0. The van der Waals surface area contributed by atoms with E-state index in [4.69, 9.17) is 10.2 Å². The first-order valence-corrected chi connectivity index (χ1v) is 7.44. The van der Waals surface area contributed by atoms with Gasteiger partial charge in [-0.3, -0.25) is 4.79 Å². The number of carbonyl (C=O) groups is 3. The average Bonchev–Trinajstić information content (AvgIpc) is 3.11. The van der Waals surface area contributed by atoms with Crippen LogP contribution in [0.5, 0.6) is 0 Å². The van der Waals surface area contributed by atoms with Gasteiger partial charge in [-0.25, -0.2) is 9.59 Å². The number of carboxylic acid groups (broad SMARTS) is 2. The Hall–Kier alpha value is -2.09. The summed E-state index contributed by atoms with van der Waals surface area (Å²) in [6.07, 6.45) is 1.13. The van der Waals surface area contributed by atoms with Crippen molar-refractivity contribution in [2.24, 2.45) is 0 Å². The van der Waals surface area contributed by atoms with Crippen molar-refractivity contribution in [3.63, 3.8) is 0 Å². The number of aliphatic carboxylic acids is 2. The summed E-state index contributed by atoms with van der Waals surface area (Å²) in [5, 5.41) is 23.8. The second-order valence-electron chi connectivity index (χ2n) is 4.93. The topological polar surface area (TPSA) is 107 Å². The maximum Gasteiger partial charge on any atom is 0.326 e. The van der Waals surface area contributed by atoms with Gasteiger partial charge in [-0.05, 0) is 35.2 Å². The predicted molar refractivity (Wildman–Crippen MR) is 75.1 cm³/mol. The van der Waals surface area contributed by atoms with E-state index in [1.165, 1.54) is 11.3 Å². The molecular formula is C13H16N2O5S. The van der Waals surface area contributed by atoms with E-state index in [9.17, 15) is 14.4 Å². The Kier molecular flexibility index (Phi) is 4.79. The molecule has 1 aromatic rings. The van der Waals surface area contributed by atoms with Gasteiger partial charge >= 0.3 is 18.0 Å². The lowest BCUT2D eigenvalue weighted by molar-refractivity contribution is -0.145. The fraction of sp³-hybridized carbons (Fsp3) is 0.462. The van der Waals surface area contributed by atoms with Gasteiger partial charge in [0.05, 0.1) is 6.42 Å². The van der Waals surface area contributed by atoms with Gasteiger partial charge in [-0.1, -0.05) is 0 Å². The molecule has 1 fully saturated rings. The van der Waals surface area contributed by atoms with E-state index in [0.29, 0.717) is 6.54 Å². The lowest BCUT2D eigenvalue weighted by Crippen LogP contribution is -2.49. The quantitative estimate of drug-likeness (QED) is 0.704. The van der Waals surface area contributed by atoms with Crippen LogP contribution in [0.25, 0.3) is 0 Å². The molecule has 0 unspecified atom stereocenters. The van der Waals surface area contributed by atoms with E-state index in [1.54, 1.807) is 4.90 Å². The van der Waals surface area contributed by atoms with Crippen LogP contribution in [0.15, 0.2) is 16.8 Å². The van der Waals surface area contributed by atoms with Gasteiger partial charge in [0.25, 0.3) is 0 Å². The lowest BCUT2D eigenvalue weighted by atomic mass is 10.2. The zero-order valence-corrected chi connectivity index (χ0v) is 12.0. The summed E-state index contributed by atoms with van der Waals surface area (Å²) in [7, 11) is 0. The van der Waals surface area contributed by atoms with Crippen molar-refractivity contribution in [1.29, 1.82) is 0 Å². The molecule has 1 saturated carbocycles. The molecule has 1 aliphatic carbocycles. The summed E-state index contributed by atoms with van der Waals surface area (Å²) in [5.74, 6) is -2.62. The van der Waals surface area contributed by atoms with E-state index in [1.807, 2.05) is 16.8 Å². The minimum Gasteiger partial charge on any atom is -0.481 e. The standard InChI is InChI=1S/C13H16N2O5S/c16-11(17)5-10(12(18)19)14-13(20)15(9-1-2-9)6-8-3-4-21-7-8/h3-4,7,9-10H,1-2,5-6H2,(H,14,20)(H,16,17)(H,18,19)/t10-/m1/s1. The Balaban J connectivity index is 2.00. The molecule has 3 N–H and O–H groups in total. The molecule has 1 aliphatic rings. The maximum absolute atomic E-state index is 12.2. The van der Waals surface area contributed by atoms with Crippen molar-refractivity contribution in [3.05, 3.63) is 22.4 Å². The highest BCUT2D eigenvalue weighted by molar-refractivity contribution is 7.07. The number of carboxylic acids is 2. The number of hydrogen-bond donors (Lipinski definition) is 3. The number of nitrogens with zero attached hydrogens (tertiary/aromatic N) is 1. The van der Waals surface area contributed by atoms with Crippen LogP contribution in [-0.4, -0.2) is 45.2 Å². The Bertz CT molecular complexity index is 527. The molecule has 7 nitrogen and oxygen atoms in total. The van der Waals surface area contributed by atoms with Crippen molar-refractivity contribution >= 4 is 29.3 Å².